The quantitative estimate of drug-likeness (QED) is 0.541. The normalized spacial score (nSPS) is 10.7. The average Bonchev–Trinajstić information content (AvgIpc) is 2.34. The lowest BCUT2D eigenvalue weighted by molar-refractivity contribution is 1.12. The number of halogens is 2. The molecule has 56 valence electrons. The maximum atomic E-state index is 4.00. The van der Waals surface area contributed by atoms with Crippen molar-refractivity contribution in [2.45, 2.75) is 0 Å². The SMILES string of the molecule is Brc1nc(Br)c2nc[n-]c2n1. The first kappa shape index (κ1) is 7.17. The Hall–Kier alpha value is -0.490. The number of rotatable bonds is 0. The molecule has 4 nitrogen and oxygen atoms in total. The van der Waals surface area contributed by atoms with E-state index in [4.69, 9.17) is 0 Å². The summed E-state index contributed by atoms with van der Waals surface area (Å²) in [5.41, 5.74) is 1.28. The number of nitrogens with zero attached hydrogens (tertiary/aromatic N) is 4. The van der Waals surface area contributed by atoms with Gasteiger partial charge < -0.3 is 15.0 Å². The Kier molecular flexibility index (Phi) is 1.65. The van der Waals surface area contributed by atoms with Gasteiger partial charge in [0.05, 0.1) is 0 Å². The summed E-state index contributed by atoms with van der Waals surface area (Å²) < 4.78 is 1.17. The summed E-state index contributed by atoms with van der Waals surface area (Å²) in [6.07, 6.45) is 1.45. The van der Waals surface area contributed by atoms with Crippen LogP contribution in [0.25, 0.3) is 11.2 Å². The van der Waals surface area contributed by atoms with Crippen LogP contribution in [0.3, 0.4) is 0 Å². The van der Waals surface area contributed by atoms with Crippen LogP contribution in [0.4, 0.5) is 0 Å². The molecule has 0 aromatic carbocycles. The van der Waals surface area contributed by atoms with Crippen molar-refractivity contribution in [1.29, 1.82) is 0 Å². The Labute approximate surface area is 78.7 Å². The highest BCUT2D eigenvalue weighted by atomic mass is 79.9. The largest absolute Gasteiger partial charge is 0.366 e. The summed E-state index contributed by atoms with van der Waals surface area (Å²) in [7, 11) is 0. The molecule has 0 aliphatic heterocycles. The number of imidazole rings is 1. The fraction of sp³-hybridized carbons (Fsp3) is 0. The second-order valence-electron chi connectivity index (χ2n) is 1.83. The minimum Gasteiger partial charge on any atom is -0.366 e. The standard InChI is InChI=1S/C5HBr2N4/c6-3-2-4(9-1-8-2)11-5(7)10-3/h1H/q-1. The summed E-state index contributed by atoms with van der Waals surface area (Å²) >= 11 is 6.39. The zero-order chi connectivity index (χ0) is 7.84. The van der Waals surface area contributed by atoms with E-state index in [0.717, 1.165) is 0 Å². The first-order valence-electron chi connectivity index (χ1n) is 2.74. The highest BCUT2D eigenvalue weighted by Crippen LogP contribution is 2.18. The monoisotopic (exact) mass is 275 g/mol. The van der Waals surface area contributed by atoms with Crippen molar-refractivity contribution in [2.24, 2.45) is 0 Å². The molecule has 11 heavy (non-hydrogen) atoms. The molecule has 0 bridgehead atoms. The van der Waals surface area contributed by atoms with Gasteiger partial charge in [-0.3, -0.25) is 0 Å². The molecular weight excluding hydrogens is 276 g/mol. The molecule has 2 aromatic rings. The maximum absolute atomic E-state index is 4.00. The molecule has 0 unspecified atom stereocenters. The van der Waals surface area contributed by atoms with Crippen LogP contribution < -0.4 is 4.98 Å². The van der Waals surface area contributed by atoms with Crippen molar-refractivity contribution in [1.82, 2.24) is 19.9 Å². The van der Waals surface area contributed by atoms with Gasteiger partial charge in [0.15, 0.2) is 0 Å². The Morgan fingerprint density at radius 3 is 2.91 bits per heavy atom. The van der Waals surface area contributed by atoms with Gasteiger partial charge in [-0.15, -0.1) is 0 Å². The molecule has 0 aliphatic carbocycles. The van der Waals surface area contributed by atoms with Crippen LogP contribution in [0.15, 0.2) is 15.7 Å². The zero-order valence-electron chi connectivity index (χ0n) is 5.12. The molecule has 0 aliphatic rings. The second-order valence-corrected chi connectivity index (χ2v) is 3.29. The molecule has 0 saturated carbocycles. The van der Waals surface area contributed by atoms with Crippen LogP contribution >= 0.6 is 31.9 Å². The summed E-state index contributed by atoms with van der Waals surface area (Å²) in [5.74, 6) is 0. The second kappa shape index (κ2) is 2.53. The predicted molar refractivity (Wildman–Crippen MR) is 46.1 cm³/mol. The summed E-state index contributed by atoms with van der Waals surface area (Å²) in [6.45, 7) is 0. The molecule has 0 N–H and O–H groups in total. The highest BCUT2D eigenvalue weighted by Gasteiger charge is 1.96. The molecule has 6 heteroatoms. The molecule has 0 radical (unpaired) electrons. The van der Waals surface area contributed by atoms with E-state index in [9.17, 15) is 0 Å². The van der Waals surface area contributed by atoms with Gasteiger partial charge >= 0.3 is 0 Å². The fourth-order valence-electron chi connectivity index (χ4n) is 0.734. The molecule has 2 aromatic heterocycles. The minimum atomic E-state index is 0.511. The number of aromatic nitrogens is 4. The maximum Gasteiger partial charge on any atom is 0.129 e. The van der Waals surface area contributed by atoms with Gasteiger partial charge in [0.1, 0.15) is 9.34 Å². The van der Waals surface area contributed by atoms with E-state index in [0.29, 0.717) is 20.5 Å². The lowest BCUT2D eigenvalue weighted by atomic mass is 10.6. The Morgan fingerprint density at radius 2 is 2.09 bits per heavy atom. The van der Waals surface area contributed by atoms with Crippen molar-refractivity contribution < 1.29 is 0 Å². The predicted octanol–water partition coefficient (Wildman–Crippen LogP) is 1.51. The third-order valence-corrected chi connectivity index (χ3v) is 2.07. The van der Waals surface area contributed by atoms with Crippen LogP contribution in [0.5, 0.6) is 0 Å². The lowest BCUT2D eigenvalue weighted by Gasteiger charge is -1.98. The van der Waals surface area contributed by atoms with E-state index in [1.165, 1.54) is 6.33 Å². The Balaban J connectivity index is 2.91. The van der Waals surface area contributed by atoms with Crippen molar-refractivity contribution in [3.8, 4) is 0 Å². The van der Waals surface area contributed by atoms with Gasteiger partial charge in [0, 0.05) is 11.2 Å². The molecule has 2 rings (SSSR count). The van der Waals surface area contributed by atoms with Crippen LogP contribution in [0.2, 0.25) is 0 Å². The molecule has 0 amide bonds. The van der Waals surface area contributed by atoms with Crippen LogP contribution in [-0.2, 0) is 0 Å². The first-order chi connectivity index (χ1) is 5.27. The number of fused-ring (bicyclic) bond motifs is 1. The van der Waals surface area contributed by atoms with E-state index in [-0.39, 0.29) is 0 Å². The van der Waals surface area contributed by atoms with Crippen LogP contribution in [-0.4, -0.2) is 15.0 Å². The molecular formula is C5HBr2N4-. The third-order valence-electron chi connectivity index (χ3n) is 1.16. The van der Waals surface area contributed by atoms with Crippen molar-refractivity contribution in [3.05, 3.63) is 15.7 Å². The van der Waals surface area contributed by atoms with E-state index in [1.807, 2.05) is 0 Å². The topological polar surface area (TPSA) is 52.8 Å². The smallest absolute Gasteiger partial charge is 0.129 e. The van der Waals surface area contributed by atoms with Gasteiger partial charge in [0.2, 0.25) is 0 Å². The van der Waals surface area contributed by atoms with E-state index in [2.05, 4.69) is 51.8 Å². The fourth-order valence-corrected chi connectivity index (χ4v) is 1.76. The lowest BCUT2D eigenvalue weighted by Crippen LogP contribution is -1.86. The number of hydrogen-bond donors (Lipinski definition) is 0. The van der Waals surface area contributed by atoms with Gasteiger partial charge in [-0.05, 0) is 38.2 Å². The summed E-state index contributed by atoms with van der Waals surface area (Å²) in [5, 5.41) is 0. The molecule has 0 spiro atoms. The third kappa shape index (κ3) is 1.16. The van der Waals surface area contributed by atoms with Gasteiger partial charge in [0.25, 0.3) is 0 Å². The van der Waals surface area contributed by atoms with Crippen LogP contribution in [0, 0.1) is 0 Å². The van der Waals surface area contributed by atoms with E-state index >= 15 is 0 Å². The Bertz CT molecular complexity index is 396. The van der Waals surface area contributed by atoms with Crippen molar-refractivity contribution in [3.63, 3.8) is 0 Å². The molecule has 0 atom stereocenters. The van der Waals surface area contributed by atoms with E-state index < -0.39 is 0 Å². The zero-order valence-corrected chi connectivity index (χ0v) is 8.29. The average molecular weight is 277 g/mol. The van der Waals surface area contributed by atoms with Crippen LogP contribution in [0.1, 0.15) is 0 Å². The van der Waals surface area contributed by atoms with Gasteiger partial charge in [-0.1, -0.05) is 0 Å². The minimum absolute atomic E-state index is 0.511. The summed E-state index contributed by atoms with van der Waals surface area (Å²) in [6, 6.07) is 0. The van der Waals surface area contributed by atoms with Gasteiger partial charge in [-0.25, -0.2) is 4.98 Å². The first-order valence-corrected chi connectivity index (χ1v) is 4.32. The van der Waals surface area contributed by atoms with E-state index in [1.54, 1.807) is 0 Å². The van der Waals surface area contributed by atoms with Gasteiger partial charge in [-0.2, -0.15) is 0 Å². The molecule has 0 fully saturated rings. The molecule has 0 saturated heterocycles. The summed E-state index contributed by atoms with van der Waals surface area (Å²) in [4.78, 5) is 15.9. The van der Waals surface area contributed by atoms with Crippen molar-refractivity contribution >= 4 is 43.0 Å². The molecule has 2 heterocycles. The van der Waals surface area contributed by atoms with Crippen molar-refractivity contribution in [2.75, 3.05) is 0 Å². The highest BCUT2D eigenvalue weighted by molar-refractivity contribution is 9.11. The number of hydrogen-bond acceptors (Lipinski definition) is 3. The Morgan fingerprint density at radius 1 is 1.27 bits per heavy atom.